The Balaban J connectivity index is 1.83. The van der Waals surface area contributed by atoms with Crippen molar-refractivity contribution in [2.24, 2.45) is 0 Å². The van der Waals surface area contributed by atoms with Crippen LogP contribution in [0.1, 0.15) is 41.6 Å². The van der Waals surface area contributed by atoms with Gasteiger partial charge in [0.25, 0.3) is 0 Å². The highest BCUT2D eigenvalue weighted by molar-refractivity contribution is 5.92. The number of carbonyl (C=O) groups is 1. The second-order valence-electron chi connectivity index (χ2n) is 7.33. The number of benzene rings is 2. The molecule has 0 radical (unpaired) electrons. The molecule has 0 bridgehead atoms. The number of halogens is 2. The third-order valence-electron chi connectivity index (χ3n) is 5.11. The maximum Gasteiger partial charge on any atom is 0.335 e. The van der Waals surface area contributed by atoms with Crippen LogP contribution >= 0.6 is 0 Å². The number of ether oxygens (including phenoxy) is 1. The molecular formula is C21H19F2N3O3. The summed E-state index contributed by atoms with van der Waals surface area (Å²) in [4.78, 5) is 22.5. The second-order valence-corrected chi connectivity index (χ2v) is 7.33. The minimum atomic E-state index is -1.05. The number of hydrogen-bond donors (Lipinski definition) is 1. The zero-order valence-corrected chi connectivity index (χ0v) is 16.1. The van der Waals surface area contributed by atoms with Gasteiger partial charge in [0.15, 0.2) is 17.5 Å². The van der Waals surface area contributed by atoms with E-state index in [9.17, 15) is 18.7 Å². The van der Waals surface area contributed by atoms with Gasteiger partial charge in [-0.1, -0.05) is 0 Å². The van der Waals surface area contributed by atoms with Gasteiger partial charge in [0.2, 0.25) is 0 Å². The average molecular weight is 399 g/mol. The molecule has 1 aromatic heterocycles. The van der Waals surface area contributed by atoms with Gasteiger partial charge in [0.1, 0.15) is 17.5 Å². The first kappa shape index (κ1) is 19.0. The fourth-order valence-corrected chi connectivity index (χ4v) is 3.30. The lowest BCUT2D eigenvalue weighted by Gasteiger charge is -2.26. The van der Waals surface area contributed by atoms with Gasteiger partial charge in [-0.3, -0.25) is 0 Å². The lowest BCUT2D eigenvalue weighted by atomic mass is 10.1. The Labute approximate surface area is 165 Å². The summed E-state index contributed by atoms with van der Waals surface area (Å²) in [6, 6.07) is 6.80. The van der Waals surface area contributed by atoms with Crippen molar-refractivity contribution in [3.05, 3.63) is 58.8 Å². The Kier molecular flexibility index (Phi) is 4.56. The lowest BCUT2D eigenvalue weighted by molar-refractivity contribution is 0.0697. The molecule has 6 nitrogen and oxygen atoms in total. The number of hydrogen-bond acceptors (Lipinski definition) is 5. The van der Waals surface area contributed by atoms with E-state index in [-0.39, 0.29) is 17.4 Å². The van der Waals surface area contributed by atoms with E-state index in [1.807, 2.05) is 25.8 Å². The first-order valence-electron chi connectivity index (χ1n) is 9.17. The molecule has 4 rings (SSSR count). The van der Waals surface area contributed by atoms with E-state index in [1.54, 1.807) is 6.07 Å². The monoisotopic (exact) mass is 399 g/mol. The van der Waals surface area contributed by atoms with Crippen molar-refractivity contribution in [2.75, 3.05) is 11.9 Å². The van der Waals surface area contributed by atoms with Gasteiger partial charge in [-0.15, -0.1) is 0 Å². The molecule has 0 fully saturated rings. The van der Waals surface area contributed by atoms with Crippen LogP contribution in [0.3, 0.4) is 0 Å². The molecular weight excluding hydrogens is 380 g/mol. The Hall–Kier alpha value is -3.29. The molecule has 0 saturated carbocycles. The molecule has 0 spiro atoms. The third-order valence-corrected chi connectivity index (χ3v) is 5.11. The van der Waals surface area contributed by atoms with Crippen molar-refractivity contribution in [2.45, 2.75) is 32.4 Å². The Bertz CT molecular complexity index is 1100. The highest BCUT2D eigenvalue weighted by atomic mass is 19.2. The van der Waals surface area contributed by atoms with Crippen LogP contribution in [-0.4, -0.2) is 34.1 Å². The molecule has 1 aliphatic heterocycles. The first-order chi connectivity index (χ1) is 13.7. The summed E-state index contributed by atoms with van der Waals surface area (Å²) in [5, 5.41) is 9.24. The van der Waals surface area contributed by atoms with Crippen LogP contribution in [0.25, 0.3) is 11.0 Å². The number of anilines is 1. The number of nitrogens with zero attached hydrogens (tertiary/aromatic N) is 3. The lowest BCUT2D eigenvalue weighted by Crippen LogP contribution is -2.29. The first-order valence-corrected chi connectivity index (χ1v) is 9.17. The summed E-state index contributed by atoms with van der Waals surface area (Å²) >= 11 is 0. The Morgan fingerprint density at radius 2 is 1.90 bits per heavy atom. The fourth-order valence-electron chi connectivity index (χ4n) is 3.30. The summed E-state index contributed by atoms with van der Waals surface area (Å²) in [5.74, 6) is -2.10. The van der Waals surface area contributed by atoms with E-state index in [1.165, 1.54) is 12.1 Å². The molecule has 8 heteroatoms. The molecule has 3 aromatic rings. The fraction of sp³-hybridized carbons (Fsp3) is 0.286. The van der Waals surface area contributed by atoms with Crippen molar-refractivity contribution < 1.29 is 23.4 Å². The number of carboxylic acids is 1. The highest BCUT2D eigenvalue weighted by Gasteiger charge is 2.31. The average Bonchev–Trinajstić information content (AvgIpc) is 3.08. The number of rotatable bonds is 4. The molecule has 150 valence electrons. The molecule has 1 N–H and O–H groups in total. The maximum atomic E-state index is 13.6. The molecule has 2 heterocycles. The molecule has 1 atom stereocenters. The minimum Gasteiger partial charge on any atom is -0.483 e. The Morgan fingerprint density at radius 1 is 1.17 bits per heavy atom. The third kappa shape index (κ3) is 3.35. The van der Waals surface area contributed by atoms with E-state index in [0.29, 0.717) is 34.5 Å². The van der Waals surface area contributed by atoms with Gasteiger partial charge in [0.05, 0.1) is 16.6 Å². The second kappa shape index (κ2) is 6.95. The standard InChI is InChI=1S/C21H19F2N3O3/c1-10(2)26(3)20-19(18-8-12-6-13(22)14(23)9-17(12)29-18)24-15-5-4-11(21(27)28)7-16(15)25-20/h4-7,9-10,18H,8H2,1-3H3,(H,27,28). The molecule has 0 saturated heterocycles. The van der Waals surface area contributed by atoms with Crippen molar-refractivity contribution in [1.82, 2.24) is 9.97 Å². The summed E-state index contributed by atoms with van der Waals surface area (Å²) in [6.07, 6.45) is -0.225. The Morgan fingerprint density at radius 3 is 2.59 bits per heavy atom. The van der Waals surface area contributed by atoms with Crippen LogP contribution < -0.4 is 9.64 Å². The van der Waals surface area contributed by atoms with Crippen molar-refractivity contribution >= 4 is 22.8 Å². The molecule has 0 amide bonds. The summed E-state index contributed by atoms with van der Waals surface area (Å²) in [7, 11) is 1.85. The SMILES string of the molecule is CC(C)N(C)c1nc2cc(C(=O)O)ccc2nc1C1Cc2cc(F)c(F)cc2O1. The van der Waals surface area contributed by atoms with Crippen molar-refractivity contribution in [1.29, 1.82) is 0 Å². The molecule has 29 heavy (non-hydrogen) atoms. The predicted octanol–water partition coefficient (Wildman–Crippen LogP) is 4.13. The summed E-state index contributed by atoms with van der Waals surface area (Å²) in [6.45, 7) is 3.97. The topological polar surface area (TPSA) is 75.6 Å². The quantitative estimate of drug-likeness (QED) is 0.711. The number of fused-ring (bicyclic) bond motifs is 2. The van der Waals surface area contributed by atoms with Crippen LogP contribution in [0.4, 0.5) is 14.6 Å². The van der Waals surface area contributed by atoms with E-state index in [2.05, 4.69) is 9.97 Å². The molecule has 1 unspecified atom stereocenters. The van der Waals surface area contributed by atoms with Gasteiger partial charge < -0.3 is 14.7 Å². The van der Waals surface area contributed by atoms with Crippen molar-refractivity contribution in [3.63, 3.8) is 0 Å². The zero-order valence-electron chi connectivity index (χ0n) is 16.1. The highest BCUT2D eigenvalue weighted by Crippen LogP contribution is 2.40. The van der Waals surface area contributed by atoms with Crippen LogP contribution in [0, 0.1) is 11.6 Å². The smallest absolute Gasteiger partial charge is 0.335 e. The normalized spacial score (nSPS) is 15.4. The minimum absolute atomic E-state index is 0.0850. The van der Waals surface area contributed by atoms with E-state index < -0.39 is 23.7 Å². The van der Waals surface area contributed by atoms with Crippen LogP contribution in [0.5, 0.6) is 5.75 Å². The van der Waals surface area contributed by atoms with E-state index in [0.717, 1.165) is 12.1 Å². The molecule has 1 aliphatic rings. The molecule has 0 aliphatic carbocycles. The van der Waals surface area contributed by atoms with Crippen LogP contribution in [0.15, 0.2) is 30.3 Å². The van der Waals surface area contributed by atoms with Crippen LogP contribution in [-0.2, 0) is 6.42 Å². The zero-order chi connectivity index (χ0) is 20.9. The summed E-state index contributed by atoms with van der Waals surface area (Å²) in [5.41, 5.74) is 2.18. The van der Waals surface area contributed by atoms with Gasteiger partial charge in [-0.25, -0.2) is 23.5 Å². The number of aromatic nitrogens is 2. The maximum absolute atomic E-state index is 13.6. The van der Waals surface area contributed by atoms with E-state index >= 15 is 0 Å². The van der Waals surface area contributed by atoms with Crippen molar-refractivity contribution in [3.8, 4) is 5.75 Å². The largest absolute Gasteiger partial charge is 0.483 e. The van der Waals surface area contributed by atoms with Gasteiger partial charge in [-0.2, -0.15) is 0 Å². The van der Waals surface area contributed by atoms with Gasteiger partial charge in [0, 0.05) is 31.1 Å². The molecule has 2 aromatic carbocycles. The van der Waals surface area contributed by atoms with Gasteiger partial charge >= 0.3 is 5.97 Å². The summed E-state index contributed by atoms with van der Waals surface area (Å²) < 4.78 is 33.1. The number of carboxylic acid groups (broad SMARTS) is 1. The van der Waals surface area contributed by atoms with Crippen LogP contribution in [0.2, 0.25) is 0 Å². The predicted molar refractivity (Wildman–Crippen MR) is 103 cm³/mol. The number of aromatic carboxylic acids is 1. The van der Waals surface area contributed by atoms with E-state index in [4.69, 9.17) is 4.74 Å². The van der Waals surface area contributed by atoms with Gasteiger partial charge in [-0.05, 0) is 38.1 Å².